The Hall–Kier alpha value is -4.22. The fourth-order valence-electron chi connectivity index (χ4n) is 13.6. The SMILES string of the molecule is C.CN.CN(C)C1CCCC1.CN(C)[C@H]1CCNC1.CS(=O)(=O)OC1CCCC1.C[C@@H](O)[C@H]1C(=O)N2C(C(=O)O)=C(CN3CC[C@H](N(C)C)C3)[C@H](C)[C@H]12.C[C@@H](O)[C@H]1C(=O)N2C(C(=O)OC(=O)c3ccc([N+](=O)[O-])cc3)=C(CN3CC[C@H](N(C)C)C3)[C@H](C)[C@H]12.O=CC(F)(F)F.PCI. The van der Waals surface area contributed by atoms with Gasteiger partial charge >= 0.3 is 24.1 Å². The van der Waals surface area contributed by atoms with Crippen LogP contribution in [0, 0.1) is 33.8 Å². The summed E-state index contributed by atoms with van der Waals surface area (Å²) >= 11 is 2.25. The lowest BCUT2D eigenvalue weighted by molar-refractivity contribution is -0.384. The van der Waals surface area contributed by atoms with Gasteiger partial charge in [-0.15, -0.1) is 9.24 Å². The van der Waals surface area contributed by atoms with E-state index in [4.69, 9.17) is 13.7 Å². The van der Waals surface area contributed by atoms with Crippen molar-refractivity contribution < 1.29 is 79.5 Å². The van der Waals surface area contributed by atoms with Gasteiger partial charge < -0.3 is 60.5 Å². The number of carboxylic acids is 1. The number of likely N-dealkylation sites (tertiary alicyclic amines) is 2. The van der Waals surface area contributed by atoms with Crippen LogP contribution in [0.15, 0.2) is 46.8 Å². The number of nitrogens with zero attached hydrogens (tertiary/aromatic N) is 9. The standard InChI is InChI=1S/C24H30N4O7.C17H27N3O4.C7H15N.C6H14N2.C6H12O3S.C2HF3O.CH4IP.CH5N.CH4/c1-13-18(12-26-10-9-17(11-26)25(3)4)21(27-20(13)19(14(2)29)22(27)30)24(32)35-23(31)15-5-7-16(8-6-15)28(33)34;1-9-12(8-19-6-5-11(7-19)18(3)4)15(17(23)24)20-14(9)13(10(2)21)16(20)22;1-8(2)7-5-3-4-6-7;1-8(2)6-3-4-7-5-6;1-10(7,8)9-6-4-2-3-5-6;3-2(4,5)1-6;2-1-3;1-2;/h5-8,13-14,17,19-20,29H,9-12H2,1-4H3;9-11,13-14,21H,5-8H2,1-4H3,(H,23,24);7H,3-6H2,1-2H3;6-7H,3-5H2,1-2H3;6H,2-5H2,1H3;1H;1,3H2;2H2,1H3;1H4/t13-,14+,17-,19+,20+;9-,10+,11-,13+,14+;;6-;;;;;/m00.0...../s1. The Morgan fingerprint density at radius 2 is 1.13 bits per heavy atom. The zero-order valence-corrected chi connectivity index (χ0v) is 62.5. The monoisotopic (exact) mass is 1530 g/mol. The van der Waals surface area contributed by atoms with E-state index >= 15 is 0 Å². The third-order valence-corrected chi connectivity index (χ3v) is 19.5. The highest BCUT2D eigenvalue weighted by Crippen LogP contribution is 2.49. The number of nitrogens with two attached hydrogens (primary N) is 1. The number of carboxylic acid groups (broad SMARTS) is 1. The van der Waals surface area contributed by atoms with Crippen LogP contribution in [0.4, 0.5) is 18.9 Å². The molecular formula is C65H112F3IN11O15PS. The second-order valence-electron chi connectivity index (χ2n) is 26.4. The van der Waals surface area contributed by atoms with E-state index in [1.165, 1.54) is 74.2 Å². The molecule has 32 heteroatoms. The average Bonchev–Trinajstić information content (AvgIpc) is 1.57. The Balaban J connectivity index is 0.000000441. The quantitative estimate of drug-likeness (QED) is 0.0133. The first-order valence-corrected chi connectivity index (χ1v) is 36.9. The van der Waals surface area contributed by atoms with Crippen LogP contribution in [0.3, 0.4) is 0 Å². The van der Waals surface area contributed by atoms with Gasteiger partial charge in [0.05, 0.1) is 59.0 Å². The van der Waals surface area contributed by atoms with E-state index in [-0.39, 0.29) is 71.9 Å². The summed E-state index contributed by atoms with van der Waals surface area (Å²) in [5.41, 5.74) is 6.03. The van der Waals surface area contributed by atoms with E-state index in [1.54, 1.807) is 13.8 Å². The number of nitrogens with one attached hydrogen (secondary N) is 1. The van der Waals surface area contributed by atoms with Crippen LogP contribution in [-0.4, -0.2) is 291 Å². The smallest absolute Gasteiger partial charge is 0.446 e. The second-order valence-corrected chi connectivity index (χ2v) is 30.9. The predicted octanol–water partition coefficient (Wildman–Crippen LogP) is 5.36. The van der Waals surface area contributed by atoms with Gasteiger partial charge in [-0.1, -0.05) is 69.5 Å². The Morgan fingerprint density at radius 1 is 0.742 bits per heavy atom. The number of nitro benzene ring substituents is 1. The molecule has 97 heavy (non-hydrogen) atoms. The van der Waals surface area contributed by atoms with Gasteiger partial charge in [0.25, 0.3) is 15.8 Å². The van der Waals surface area contributed by atoms with Crippen LogP contribution < -0.4 is 11.1 Å². The number of non-ortho nitro benzene ring substituents is 1. The van der Waals surface area contributed by atoms with Crippen molar-refractivity contribution in [1.29, 1.82) is 0 Å². The van der Waals surface area contributed by atoms with E-state index < -0.39 is 69.5 Å². The molecule has 1 aromatic rings. The van der Waals surface area contributed by atoms with Crippen molar-refractivity contribution in [3.63, 3.8) is 0 Å². The number of amides is 2. The summed E-state index contributed by atoms with van der Waals surface area (Å²) in [5, 5.41) is 43.8. The molecule has 9 aliphatic rings. The van der Waals surface area contributed by atoms with Gasteiger partial charge in [0, 0.05) is 98.1 Å². The number of ether oxygens (including phenoxy) is 1. The zero-order valence-electron chi connectivity index (χ0n) is 58.4. The number of aliphatic hydroxyl groups excluding tert-OH is 2. The van der Waals surface area contributed by atoms with E-state index in [1.807, 2.05) is 27.9 Å². The van der Waals surface area contributed by atoms with E-state index in [9.17, 15) is 71.0 Å². The number of fused-ring (bicyclic) bond motifs is 2. The number of hydrogen-bond acceptors (Lipinski definition) is 22. The molecule has 7 fully saturated rings. The summed E-state index contributed by atoms with van der Waals surface area (Å²) in [6.07, 6.45) is 6.84. The minimum Gasteiger partial charge on any atom is -0.477 e. The molecule has 5 saturated heterocycles. The Bertz CT molecular complexity index is 2860. The number of alkyl halides is 4. The molecule has 0 aromatic heterocycles. The van der Waals surface area contributed by atoms with Gasteiger partial charge in [-0.2, -0.15) is 21.6 Å². The molecule has 0 spiro atoms. The highest BCUT2D eigenvalue weighted by atomic mass is 127. The summed E-state index contributed by atoms with van der Waals surface area (Å²) in [6, 6.07) is 6.70. The van der Waals surface area contributed by atoms with Gasteiger partial charge in [-0.25, -0.2) is 14.4 Å². The Labute approximate surface area is 589 Å². The minimum atomic E-state index is -4.64. The number of aliphatic carboxylic acids is 1. The molecule has 2 amide bonds. The number of benzene rings is 1. The number of nitro groups is 1. The van der Waals surface area contributed by atoms with Crippen LogP contribution in [0.2, 0.25) is 0 Å². The first-order chi connectivity index (χ1) is 44.9. The topological polar surface area (TPSA) is 323 Å². The Kier molecular flexibility index (Phi) is 38.1. The highest BCUT2D eigenvalue weighted by molar-refractivity contribution is 14.1. The molecular weight excluding hydrogens is 1420 g/mol. The van der Waals surface area contributed by atoms with Gasteiger partial charge in [0.1, 0.15) is 11.4 Å². The maximum atomic E-state index is 13.2. The molecule has 0 bridgehead atoms. The van der Waals surface area contributed by atoms with Crippen molar-refractivity contribution in [3.05, 3.63) is 62.5 Å². The summed E-state index contributed by atoms with van der Waals surface area (Å²) in [6.45, 7) is 14.0. The molecule has 12 atom stereocenters. The maximum absolute atomic E-state index is 13.2. The van der Waals surface area contributed by atoms with E-state index in [0.717, 1.165) is 105 Å². The largest absolute Gasteiger partial charge is 0.477 e. The van der Waals surface area contributed by atoms with E-state index in [0.29, 0.717) is 30.7 Å². The molecule has 2 saturated carbocycles. The minimum absolute atomic E-state index is 0. The lowest BCUT2D eigenvalue weighted by Gasteiger charge is -2.46. The summed E-state index contributed by atoms with van der Waals surface area (Å²) < 4.78 is 63.4. The molecule has 556 valence electrons. The number of carbonyl (C=O) groups excluding carboxylic acids is 5. The zero-order chi connectivity index (χ0) is 72.9. The van der Waals surface area contributed by atoms with Crippen molar-refractivity contribution >= 4 is 83.6 Å². The lowest BCUT2D eigenvalue weighted by Crippen LogP contribution is -2.63. The number of aldehydes is 1. The number of rotatable bonds is 16. The van der Waals surface area contributed by atoms with Crippen molar-refractivity contribution in [2.45, 2.75) is 166 Å². The van der Waals surface area contributed by atoms with Gasteiger partial charge in [-0.3, -0.25) is 38.5 Å². The van der Waals surface area contributed by atoms with Gasteiger partial charge in [0.15, 0.2) is 0 Å². The number of esters is 2. The van der Waals surface area contributed by atoms with Crippen molar-refractivity contribution in [1.82, 2.24) is 44.5 Å². The predicted molar refractivity (Wildman–Crippen MR) is 379 cm³/mol. The molecule has 10 rings (SSSR count). The molecule has 26 nitrogen and oxygen atoms in total. The van der Waals surface area contributed by atoms with Crippen LogP contribution >= 0.6 is 31.8 Å². The molecule has 0 radical (unpaired) electrons. The molecule has 6 N–H and O–H groups in total. The fraction of sp³-hybridized carbons (Fsp3) is 0.754. The van der Waals surface area contributed by atoms with Crippen LogP contribution in [0.25, 0.3) is 0 Å². The molecule has 7 aliphatic heterocycles. The summed E-state index contributed by atoms with van der Waals surface area (Å²) in [5.74, 6) is -4.89. The van der Waals surface area contributed by atoms with Crippen LogP contribution in [0.5, 0.6) is 0 Å². The maximum Gasteiger partial charge on any atom is 0.446 e. The third-order valence-electron chi connectivity index (χ3n) is 18.8. The van der Waals surface area contributed by atoms with Crippen LogP contribution in [0.1, 0.15) is 116 Å². The third kappa shape index (κ3) is 26.0. The van der Waals surface area contributed by atoms with Crippen molar-refractivity contribution in [2.24, 2.45) is 29.4 Å². The fourth-order valence-corrected chi connectivity index (χ4v) is 14.3. The van der Waals surface area contributed by atoms with Crippen LogP contribution in [-0.2, 0) is 43.0 Å². The molecule has 1 aromatic carbocycles. The van der Waals surface area contributed by atoms with Gasteiger partial charge in [-0.05, 0) is 152 Å². The first-order valence-electron chi connectivity index (χ1n) is 32.7. The summed E-state index contributed by atoms with van der Waals surface area (Å²) in [7, 11) is 17.7. The number of carbonyl (C=O) groups is 6. The molecule has 7 heterocycles. The molecule has 2 aliphatic carbocycles. The summed E-state index contributed by atoms with van der Waals surface area (Å²) in [4.78, 5) is 98.0. The Morgan fingerprint density at radius 3 is 1.44 bits per heavy atom. The second kappa shape index (κ2) is 41.6. The first kappa shape index (κ1) is 88.9. The number of halogens is 4. The van der Waals surface area contributed by atoms with E-state index in [2.05, 4.69) is 115 Å². The normalized spacial score (nSPS) is 25.9. The molecule has 1 unspecified atom stereocenters. The van der Waals surface area contributed by atoms with Gasteiger partial charge in [0.2, 0.25) is 18.1 Å². The number of aliphatic hydroxyl groups is 2. The number of likely N-dealkylation sites (N-methyl/N-ethyl adjacent to an activating group) is 3. The van der Waals surface area contributed by atoms with Crippen molar-refractivity contribution in [2.75, 3.05) is 126 Å². The van der Waals surface area contributed by atoms with Crippen molar-refractivity contribution in [3.8, 4) is 0 Å². The number of β-lactam (4-membered cyclic amide) rings is 2. The highest BCUT2D eigenvalue weighted by Gasteiger charge is 2.61. The lowest BCUT2D eigenvalue weighted by atomic mass is 9.77. The number of hydrogen-bond donors (Lipinski definition) is 5. The average molecular weight is 1530 g/mol.